The van der Waals surface area contributed by atoms with Crippen molar-refractivity contribution < 1.29 is 9.90 Å². The Morgan fingerprint density at radius 2 is 2.00 bits per heavy atom. The number of benzene rings is 1. The zero-order valence-electron chi connectivity index (χ0n) is 7.48. The molecule has 1 aromatic heterocycles. The van der Waals surface area contributed by atoms with Gasteiger partial charge in [0.05, 0.1) is 11.2 Å². The van der Waals surface area contributed by atoms with Crippen molar-refractivity contribution in [2.75, 3.05) is 0 Å². The van der Waals surface area contributed by atoms with E-state index in [1.807, 2.05) is 0 Å². The van der Waals surface area contributed by atoms with Crippen LogP contribution in [0.25, 0.3) is 11.3 Å². The lowest BCUT2D eigenvalue weighted by Gasteiger charge is -1.98. The largest absolute Gasteiger partial charge is 0.477 e. The first-order valence-electron chi connectivity index (χ1n) is 4.11. The van der Waals surface area contributed by atoms with Crippen molar-refractivity contribution >= 4 is 28.9 Å². The molecule has 76 valence electrons. The predicted molar refractivity (Wildman–Crippen MR) is 59.5 cm³/mol. The van der Waals surface area contributed by atoms with Gasteiger partial charge in [-0.15, -0.1) is 11.3 Å². The van der Waals surface area contributed by atoms with Gasteiger partial charge in [0.15, 0.2) is 0 Å². The van der Waals surface area contributed by atoms with Crippen LogP contribution < -0.4 is 0 Å². The molecule has 5 heteroatoms. The van der Waals surface area contributed by atoms with Gasteiger partial charge in [-0.05, 0) is 12.1 Å². The van der Waals surface area contributed by atoms with E-state index in [1.54, 1.807) is 24.3 Å². The second kappa shape index (κ2) is 4.00. The van der Waals surface area contributed by atoms with Crippen LogP contribution in [0.2, 0.25) is 5.02 Å². The molecule has 0 aliphatic rings. The Morgan fingerprint density at radius 1 is 1.33 bits per heavy atom. The summed E-state index contributed by atoms with van der Waals surface area (Å²) >= 11 is 6.85. The minimum atomic E-state index is -0.956. The summed E-state index contributed by atoms with van der Waals surface area (Å²) in [5, 5.41) is 9.53. The molecule has 0 aliphatic heterocycles. The third-order valence-electron chi connectivity index (χ3n) is 1.88. The highest BCUT2D eigenvalue weighted by molar-refractivity contribution is 7.12. The summed E-state index contributed by atoms with van der Waals surface area (Å²) in [6, 6.07) is 6.93. The number of aromatic carboxylic acids is 1. The van der Waals surface area contributed by atoms with Crippen LogP contribution in [0.1, 0.15) is 9.67 Å². The Bertz CT molecular complexity index is 492. The van der Waals surface area contributed by atoms with E-state index >= 15 is 0 Å². The van der Waals surface area contributed by atoms with E-state index in [1.165, 1.54) is 5.51 Å². The van der Waals surface area contributed by atoms with E-state index in [0.29, 0.717) is 10.7 Å². The quantitative estimate of drug-likeness (QED) is 0.876. The summed E-state index contributed by atoms with van der Waals surface area (Å²) in [7, 11) is 0. The second-order valence-electron chi connectivity index (χ2n) is 2.84. The van der Waals surface area contributed by atoms with Gasteiger partial charge in [0.25, 0.3) is 0 Å². The maximum absolute atomic E-state index is 10.9. The van der Waals surface area contributed by atoms with E-state index in [4.69, 9.17) is 16.7 Å². The van der Waals surface area contributed by atoms with Gasteiger partial charge >= 0.3 is 5.97 Å². The van der Waals surface area contributed by atoms with E-state index in [0.717, 1.165) is 16.9 Å². The van der Waals surface area contributed by atoms with Crippen molar-refractivity contribution in [3.63, 3.8) is 0 Å². The summed E-state index contributed by atoms with van der Waals surface area (Å²) in [5.41, 5.74) is 2.77. The van der Waals surface area contributed by atoms with Gasteiger partial charge in [0, 0.05) is 10.6 Å². The SMILES string of the molecule is O=C(O)c1scnc1-c1ccc(Cl)cc1. The Morgan fingerprint density at radius 3 is 2.60 bits per heavy atom. The number of rotatable bonds is 2. The lowest BCUT2D eigenvalue weighted by Crippen LogP contribution is -1.95. The maximum Gasteiger partial charge on any atom is 0.348 e. The van der Waals surface area contributed by atoms with Crippen LogP contribution in [0.5, 0.6) is 0 Å². The first-order valence-corrected chi connectivity index (χ1v) is 5.37. The molecule has 0 saturated heterocycles. The molecular weight excluding hydrogens is 234 g/mol. The Hall–Kier alpha value is -1.39. The fraction of sp³-hybridized carbons (Fsp3) is 0. The standard InChI is InChI=1S/C10H6ClNO2S/c11-7-3-1-6(2-4-7)8-9(10(13)14)15-5-12-8/h1-5H,(H,13,14). The number of hydrogen-bond acceptors (Lipinski definition) is 3. The Kier molecular flexibility index (Phi) is 2.70. The molecule has 2 rings (SSSR count). The molecule has 0 radical (unpaired) electrons. The maximum atomic E-state index is 10.9. The molecular formula is C10H6ClNO2S. The molecule has 1 N–H and O–H groups in total. The molecule has 0 aliphatic carbocycles. The highest BCUT2D eigenvalue weighted by Crippen LogP contribution is 2.26. The minimum Gasteiger partial charge on any atom is -0.477 e. The Labute approximate surface area is 95.0 Å². The molecule has 1 heterocycles. The van der Waals surface area contributed by atoms with Gasteiger partial charge in [-0.2, -0.15) is 0 Å². The second-order valence-corrected chi connectivity index (χ2v) is 4.13. The highest BCUT2D eigenvalue weighted by atomic mass is 35.5. The molecule has 1 aromatic carbocycles. The monoisotopic (exact) mass is 239 g/mol. The van der Waals surface area contributed by atoms with Crippen molar-refractivity contribution in [1.82, 2.24) is 4.98 Å². The first kappa shape index (κ1) is 10.1. The molecule has 0 spiro atoms. The van der Waals surface area contributed by atoms with Gasteiger partial charge < -0.3 is 5.11 Å². The molecule has 0 saturated carbocycles. The summed E-state index contributed by atoms with van der Waals surface area (Å²) in [5.74, 6) is -0.956. The summed E-state index contributed by atoms with van der Waals surface area (Å²) in [6.45, 7) is 0. The molecule has 0 bridgehead atoms. The average Bonchev–Trinajstić information content (AvgIpc) is 2.67. The number of thiazole rings is 1. The van der Waals surface area contributed by atoms with E-state index in [2.05, 4.69) is 4.98 Å². The number of hydrogen-bond donors (Lipinski definition) is 1. The van der Waals surface area contributed by atoms with E-state index < -0.39 is 5.97 Å². The number of carboxylic acids is 1. The molecule has 2 aromatic rings. The third kappa shape index (κ3) is 2.00. The van der Waals surface area contributed by atoms with Crippen LogP contribution in [0, 0.1) is 0 Å². The van der Waals surface area contributed by atoms with Crippen molar-refractivity contribution in [2.24, 2.45) is 0 Å². The summed E-state index contributed by atoms with van der Waals surface area (Å²) in [4.78, 5) is 15.1. The summed E-state index contributed by atoms with van der Waals surface area (Å²) in [6.07, 6.45) is 0. The van der Waals surface area contributed by atoms with Crippen LogP contribution in [-0.2, 0) is 0 Å². The van der Waals surface area contributed by atoms with Crippen molar-refractivity contribution in [1.29, 1.82) is 0 Å². The average molecular weight is 240 g/mol. The minimum absolute atomic E-state index is 0.248. The zero-order valence-corrected chi connectivity index (χ0v) is 9.05. The van der Waals surface area contributed by atoms with Crippen molar-refractivity contribution in [3.8, 4) is 11.3 Å². The molecule has 0 unspecified atom stereocenters. The number of halogens is 1. The van der Waals surface area contributed by atoms with Crippen molar-refractivity contribution in [3.05, 3.63) is 39.7 Å². The molecule has 0 atom stereocenters. The molecule has 0 amide bonds. The lowest BCUT2D eigenvalue weighted by molar-refractivity contribution is 0.0702. The third-order valence-corrected chi connectivity index (χ3v) is 2.95. The summed E-state index contributed by atoms with van der Waals surface area (Å²) < 4.78 is 0. The Balaban J connectivity index is 2.49. The van der Waals surface area contributed by atoms with Crippen LogP contribution in [0.4, 0.5) is 0 Å². The normalized spacial score (nSPS) is 10.2. The molecule has 15 heavy (non-hydrogen) atoms. The van der Waals surface area contributed by atoms with Crippen LogP contribution in [-0.4, -0.2) is 16.1 Å². The van der Waals surface area contributed by atoms with Crippen LogP contribution in [0.3, 0.4) is 0 Å². The van der Waals surface area contributed by atoms with Gasteiger partial charge in [0.1, 0.15) is 4.88 Å². The van der Waals surface area contributed by atoms with Crippen molar-refractivity contribution in [2.45, 2.75) is 0 Å². The lowest BCUT2D eigenvalue weighted by atomic mass is 10.1. The fourth-order valence-electron chi connectivity index (χ4n) is 1.21. The van der Waals surface area contributed by atoms with Gasteiger partial charge in [-0.1, -0.05) is 23.7 Å². The topological polar surface area (TPSA) is 50.2 Å². The fourth-order valence-corrected chi connectivity index (χ4v) is 1.98. The number of nitrogens with zero attached hydrogens (tertiary/aromatic N) is 1. The van der Waals surface area contributed by atoms with Crippen LogP contribution >= 0.6 is 22.9 Å². The number of aromatic nitrogens is 1. The number of carboxylic acid groups (broad SMARTS) is 1. The van der Waals surface area contributed by atoms with Crippen LogP contribution in [0.15, 0.2) is 29.8 Å². The number of carbonyl (C=O) groups is 1. The molecule has 3 nitrogen and oxygen atoms in total. The van der Waals surface area contributed by atoms with Gasteiger partial charge in [0.2, 0.25) is 0 Å². The highest BCUT2D eigenvalue weighted by Gasteiger charge is 2.14. The predicted octanol–water partition coefficient (Wildman–Crippen LogP) is 3.16. The van der Waals surface area contributed by atoms with E-state index in [-0.39, 0.29) is 4.88 Å². The smallest absolute Gasteiger partial charge is 0.348 e. The molecule has 0 fully saturated rings. The van der Waals surface area contributed by atoms with Gasteiger partial charge in [-0.25, -0.2) is 9.78 Å². The van der Waals surface area contributed by atoms with Gasteiger partial charge in [-0.3, -0.25) is 0 Å². The zero-order chi connectivity index (χ0) is 10.8. The first-order chi connectivity index (χ1) is 7.18. The van der Waals surface area contributed by atoms with E-state index in [9.17, 15) is 4.79 Å².